The Hall–Kier alpha value is -2.59. The number of hydrogen-bond donors (Lipinski definition) is 3. The molecule has 1 aromatic heterocycles. The molecule has 0 unspecified atom stereocenters. The summed E-state index contributed by atoms with van der Waals surface area (Å²) in [5.74, 6) is -1.02. The number of primary amides is 1. The summed E-state index contributed by atoms with van der Waals surface area (Å²) in [7, 11) is 0. The van der Waals surface area contributed by atoms with Gasteiger partial charge in [-0.15, -0.1) is 11.3 Å². The molecule has 1 aromatic carbocycles. The van der Waals surface area contributed by atoms with Gasteiger partial charge in [0.05, 0.1) is 5.69 Å². The lowest BCUT2D eigenvalue weighted by atomic mass is 10.2. The minimum Gasteiger partial charge on any atom is -0.396 e. The third-order valence-electron chi connectivity index (χ3n) is 2.62. The summed E-state index contributed by atoms with van der Waals surface area (Å²) in [5.41, 5.74) is 11.8. The highest BCUT2D eigenvalue weighted by molar-refractivity contribution is 7.18. The highest BCUT2D eigenvalue weighted by Gasteiger charge is 2.19. The van der Waals surface area contributed by atoms with Gasteiger partial charge in [0, 0.05) is 6.54 Å². The van der Waals surface area contributed by atoms with E-state index in [0.717, 1.165) is 11.3 Å². The van der Waals surface area contributed by atoms with Crippen LogP contribution in [-0.4, -0.2) is 5.91 Å². The Morgan fingerprint density at radius 2 is 2.25 bits per heavy atom. The van der Waals surface area contributed by atoms with Gasteiger partial charge in [0.2, 0.25) is 0 Å². The summed E-state index contributed by atoms with van der Waals surface area (Å²) < 4.78 is 13.1. The van der Waals surface area contributed by atoms with Crippen LogP contribution in [0.1, 0.15) is 20.8 Å². The molecule has 20 heavy (non-hydrogen) atoms. The first-order chi connectivity index (χ1) is 9.52. The van der Waals surface area contributed by atoms with E-state index in [2.05, 4.69) is 5.32 Å². The average molecular weight is 290 g/mol. The normalized spacial score (nSPS) is 10.0. The number of nitrogens with two attached hydrogens (primary N) is 2. The van der Waals surface area contributed by atoms with Crippen molar-refractivity contribution in [2.75, 3.05) is 11.1 Å². The zero-order valence-corrected chi connectivity index (χ0v) is 11.1. The average Bonchev–Trinajstić information content (AvgIpc) is 2.73. The predicted octanol–water partition coefficient (Wildman–Crippen LogP) is 2.05. The Morgan fingerprint density at radius 3 is 2.85 bits per heavy atom. The zero-order valence-electron chi connectivity index (χ0n) is 10.3. The Morgan fingerprint density at radius 1 is 1.50 bits per heavy atom. The molecular formula is C13H11FN4OS. The lowest BCUT2D eigenvalue weighted by molar-refractivity contribution is 0.100. The molecule has 1 amide bonds. The molecule has 2 aromatic rings. The fourth-order valence-electron chi connectivity index (χ4n) is 1.69. The number of nitrogens with one attached hydrogen (secondary N) is 1. The molecule has 0 spiro atoms. The maximum atomic E-state index is 13.1. The van der Waals surface area contributed by atoms with Crippen molar-refractivity contribution in [2.24, 2.45) is 5.73 Å². The molecule has 1 heterocycles. The number of carbonyl (C=O) groups excluding carboxylic acids is 1. The van der Waals surface area contributed by atoms with Crippen LogP contribution in [-0.2, 0) is 6.54 Å². The minimum atomic E-state index is -0.678. The van der Waals surface area contributed by atoms with Gasteiger partial charge in [0.1, 0.15) is 27.3 Å². The molecular weight excluding hydrogens is 279 g/mol. The number of hydrogen-bond acceptors (Lipinski definition) is 5. The molecule has 5 N–H and O–H groups in total. The molecule has 0 bridgehead atoms. The number of nitrogens with zero attached hydrogens (tertiary/aromatic N) is 1. The smallest absolute Gasteiger partial charge is 0.261 e. The molecule has 2 rings (SSSR count). The predicted molar refractivity (Wildman–Crippen MR) is 75.7 cm³/mol. The standard InChI is InChI=1S/C13H11FN4OS/c14-8-3-1-2-7(4-8)6-18-13-9(5-15)10(16)11(20-13)12(17)19/h1-4,18H,6,16H2,(H2,17,19). The number of nitriles is 1. The van der Waals surface area contributed by atoms with E-state index >= 15 is 0 Å². The maximum absolute atomic E-state index is 13.1. The van der Waals surface area contributed by atoms with Gasteiger partial charge in [-0.05, 0) is 17.7 Å². The van der Waals surface area contributed by atoms with Crippen molar-refractivity contribution in [1.82, 2.24) is 0 Å². The third-order valence-corrected chi connectivity index (χ3v) is 3.80. The molecule has 0 saturated carbocycles. The van der Waals surface area contributed by atoms with E-state index < -0.39 is 5.91 Å². The summed E-state index contributed by atoms with van der Waals surface area (Å²) in [4.78, 5) is 11.3. The number of thiophene rings is 1. The molecule has 0 atom stereocenters. The molecule has 0 fully saturated rings. The van der Waals surface area contributed by atoms with Gasteiger partial charge in [0.25, 0.3) is 5.91 Å². The number of carbonyl (C=O) groups is 1. The Labute approximate surface area is 118 Å². The first-order valence-corrected chi connectivity index (χ1v) is 6.45. The fourth-order valence-corrected chi connectivity index (χ4v) is 2.61. The Balaban J connectivity index is 2.24. The van der Waals surface area contributed by atoms with E-state index in [-0.39, 0.29) is 21.9 Å². The van der Waals surface area contributed by atoms with Crippen LogP contribution in [0.4, 0.5) is 15.1 Å². The third kappa shape index (κ3) is 2.70. The van der Waals surface area contributed by atoms with E-state index in [0.29, 0.717) is 17.1 Å². The van der Waals surface area contributed by atoms with Gasteiger partial charge >= 0.3 is 0 Å². The molecule has 0 aliphatic rings. The van der Waals surface area contributed by atoms with Crippen LogP contribution in [0.3, 0.4) is 0 Å². The van der Waals surface area contributed by atoms with Gasteiger partial charge in [-0.3, -0.25) is 4.79 Å². The number of anilines is 2. The molecule has 7 heteroatoms. The lowest BCUT2D eigenvalue weighted by Crippen LogP contribution is -2.10. The Kier molecular flexibility index (Phi) is 3.86. The monoisotopic (exact) mass is 290 g/mol. The van der Waals surface area contributed by atoms with Gasteiger partial charge in [-0.1, -0.05) is 12.1 Å². The van der Waals surface area contributed by atoms with E-state index in [1.54, 1.807) is 12.1 Å². The van der Waals surface area contributed by atoms with Crippen molar-refractivity contribution in [3.63, 3.8) is 0 Å². The highest BCUT2D eigenvalue weighted by Crippen LogP contribution is 2.35. The number of benzene rings is 1. The van der Waals surface area contributed by atoms with Crippen molar-refractivity contribution < 1.29 is 9.18 Å². The SMILES string of the molecule is N#Cc1c(NCc2cccc(F)c2)sc(C(N)=O)c1N. The van der Waals surface area contributed by atoms with Crippen molar-refractivity contribution in [1.29, 1.82) is 5.26 Å². The van der Waals surface area contributed by atoms with Crippen LogP contribution in [0.25, 0.3) is 0 Å². The van der Waals surface area contributed by atoms with E-state index in [4.69, 9.17) is 16.7 Å². The second-order valence-electron chi connectivity index (χ2n) is 4.01. The number of rotatable bonds is 4. The van der Waals surface area contributed by atoms with E-state index in [1.165, 1.54) is 12.1 Å². The lowest BCUT2D eigenvalue weighted by Gasteiger charge is -2.04. The highest BCUT2D eigenvalue weighted by atomic mass is 32.1. The van der Waals surface area contributed by atoms with E-state index in [1.807, 2.05) is 6.07 Å². The van der Waals surface area contributed by atoms with Crippen LogP contribution < -0.4 is 16.8 Å². The zero-order chi connectivity index (χ0) is 14.7. The van der Waals surface area contributed by atoms with Gasteiger partial charge in [0.15, 0.2) is 0 Å². The van der Waals surface area contributed by atoms with Crippen LogP contribution in [0.15, 0.2) is 24.3 Å². The van der Waals surface area contributed by atoms with Crippen LogP contribution in [0.2, 0.25) is 0 Å². The molecule has 102 valence electrons. The largest absolute Gasteiger partial charge is 0.396 e. The first kappa shape index (κ1) is 13.8. The number of halogens is 1. The minimum absolute atomic E-state index is 0.0757. The maximum Gasteiger partial charge on any atom is 0.261 e. The molecule has 0 aliphatic heterocycles. The van der Waals surface area contributed by atoms with E-state index in [9.17, 15) is 9.18 Å². The summed E-state index contributed by atoms with van der Waals surface area (Å²) >= 11 is 1.02. The van der Waals surface area contributed by atoms with Crippen molar-refractivity contribution in [2.45, 2.75) is 6.54 Å². The van der Waals surface area contributed by atoms with Gasteiger partial charge in [-0.25, -0.2) is 4.39 Å². The van der Waals surface area contributed by atoms with Gasteiger partial charge < -0.3 is 16.8 Å². The number of nitrogen functional groups attached to an aromatic ring is 1. The van der Waals surface area contributed by atoms with Crippen LogP contribution in [0.5, 0.6) is 0 Å². The summed E-state index contributed by atoms with van der Waals surface area (Å²) in [6, 6.07) is 7.99. The molecule has 0 saturated heterocycles. The second kappa shape index (κ2) is 5.59. The van der Waals surface area contributed by atoms with Gasteiger partial charge in [-0.2, -0.15) is 5.26 Å². The van der Waals surface area contributed by atoms with Crippen molar-refractivity contribution in [3.8, 4) is 6.07 Å². The molecule has 0 aliphatic carbocycles. The fraction of sp³-hybridized carbons (Fsp3) is 0.0769. The quantitative estimate of drug-likeness (QED) is 0.801. The summed E-state index contributed by atoms with van der Waals surface area (Å²) in [5, 5.41) is 12.5. The van der Waals surface area contributed by atoms with Crippen LogP contribution in [0, 0.1) is 17.1 Å². The molecule has 0 radical (unpaired) electrons. The second-order valence-corrected chi connectivity index (χ2v) is 5.03. The molecule has 5 nitrogen and oxygen atoms in total. The van der Waals surface area contributed by atoms with Crippen molar-refractivity contribution >= 4 is 27.9 Å². The Bertz CT molecular complexity index is 705. The summed E-state index contributed by atoms with van der Waals surface area (Å²) in [6.45, 7) is 0.310. The topological polar surface area (TPSA) is 105 Å². The van der Waals surface area contributed by atoms with Crippen LogP contribution >= 0.6 is 11.3 Å². The first-order valence-electron chi connectivity index (χ1n) is 5.63. The number of amides is 1. The summed E-state index contributed by atoms with van der Waals surface area (Å²) in [6.07, 6.45) is 0. The van der Waals surface area contributed by atoms with Crippen molar-refractivity contribution in [3.05, 3.63) is 46.1 Å².